The summed E-state index contributed by atoms with van der Waals surface area (Å²) >= 11 is 0. The van der Waals surface area contributed by atoms with Crippen LogP contribution in [0.25, 0.3) is 0 Å². The highest BCUT2D eigenvalue weighted by atomic mass is 32.2. The van der Waals surface area contributed by atoms with Crippen LogP contribution in [0.5, 0.6) is 11.5 Å². The fourth-order valence-electron chi connectivity index (χ4n) is 1.88. The van der Waals surface area contributed by atoms with Gasteiger partial charge in [0.1, 0.15) is 11.5 Å². The first-order valence-corrected chi connectivity index (χ1v) is 8.33. The number of nitrogens with one attached hydrogen (secondary N) is 1. The van der Waals surface area contributed by atoms with Crippen LogP contribution in [0.3, 0.4) is 0 Å². The molecule has 5 nitrogen and oxygen atoms in total. The van der Waals surface area contributed by atoms with Crippen molar-refractivity contribution in [3.63, 3.8) is 0 Å². The minimum absolute atomic E-state index is 0.0533. The van der Waals surface area contributed by atoms with Crippen molar-refractivity contribution < 1.29 is 17.9 Å². The van der Waals surface area contributed by atoms with Crippen LogP contribution in [0.4, 0.5) is 5.69 Å². The molecule has 6 heteroatoms. The van der Waals surface area contributed by atoms with Crippen molar-refractivity contribution >= 4 is 15.7 Å². The molecule has 2 aromatic carbocycles. The van der Waals surface area contributed by atoms with E-state index in [-0.39, 0.29) is 11.0 Å². The Hall–Kier alpha value is -2.21. The van der Waals surface area contributed by atoms with Crippen molar-refractivity contribution in [1.29, 1.82) is 0 Å². The molecule has 0 aliphatic heterocycles. The van der Waals surface area contributed by atoms with Crippen molar-refractivity contribution in [2.75, 3.05) is 11.8 Å². The Morgan fingerprint density at radius 1 is 1.05 bits per heavy atom. The largest absolute Gasteiger partial charge is 0.497 e. The molecule has 0 saturated carbocycles. The van der Waals surface area contributed by atoms with Crippen molar-refractivity contribution in [3.05, 3.63) is 48.5 Å². The number of ether oxygens (including phenoxy) is 2. The van der Waals surface area contributed by atoms with Crippen molar-refractivity contribution in [1.82, 2.24) is 0 Å². The average Bonchev–Trinajstić information content (AvgIpc) is 2.48. The van der Waals surface area contributed by atoms with E-state index in [2.05, 4.69) is 4.72 Å². The number of methoxy groups -OCH3 is 1. The van der Waals surface area contributed by atoms with E-state index >= 15 is 0 Å². The average molecular weight is 321 g/mol. The van der Waals surface area contributed by atoms with Crippen LogP contribution in [0, 0.1) is 0 Å². The predicted molar refractivity (Wildman–Crippen MR) is 86.0 cm³/mol. The monoisotopic (exact) mass is 321 g/mol. The Kier molecular flexibility index (Phi) is 4.92. The lowest BCUT2D eigenvalue weighted by molar-refractivity contribution is 0.244. The number of benzene rings is 2. The zero-order valence-corrected chi connectivity index (χ0v) is 13.6. The Labute approximate surface area is 130 Å². The third-order valence-corrected chi connectivity index (χ3v) is 4.21. The lowest BCUT2D eigenvalue weighted by atomic mass is 10.3. The first-order chi connectivity index (χ1) is 10.4. The molecule has 0 amide bonds. The number of hydrogen-bond donors (Lipinski definition) is 1. The third-order valence-electron chi connectivity index (χ3n) is 2.85. The molecule has 1 N–H and O–H groups in total. The van der Waals surface area contributed by atoms with Gasteiger partial charge in [0.25, 0.3) is 10.0 Å². The van der Waals surface area contributed by atoms with E-state index in [4.69, 9.17) is 9.47 Å². The van der Waals surface area contributed by atoms with Crippen LogP contribution >= 0.6 is 0 Å². The maximum atomic E-state index is 12.5. The summed E-state index contributed by atoms with van der Waals surface area (Å²) in [5.41, 5.74) is 0.402. The fourth-order valence-corrected chi connectivity index (χ4v) is 2.98. The van der Waals surface area contributed by atoms with E-state index in [0.29, 0.717) is 17.2 Å². The van der Waals surface area contributed by atoms with Crippen molar-refractivity contribution in [3.8, 4) is 11.5 Å². The second kappa shape index (κ2) is 6.70. The van der Waals surface area contributed by atoms with Crippen LogP contribution < -0.4 is 14.2 Å². The van der Waals surface area contributed by atoms with Gasteiger partial charge < -0.3 is 9.47 Å². The molecule has 118 valence electrons. The quantitative estimate of drug-likeness (QED) is 0.887. The molecule has 0 bridgehead atoms. The molecule has 22 heavy (non-hydrogen) atoms. The van der Waals surface area contributed by atoms with E-state index in [0.717, 1.165) is 0 Å². The summed E-state index contributed by atoms with van der Waals surface area (Å²) in [6, 6.07) is 13.2. The molecule has 0 aromatic heterocycles. The summed E-state index contributed by atoms with van der Waals surface area (Å²) in [6.07, 6.45) is -0.0533. The highest BCUT2D eigenvalue weighted by Crippen LogP contribution is 2.28. The number of hydrogen-bond acceptors (Lipinski definition) is 4. The molecular weight excluding hydrogens is 302 g/mol. The van der Waals surface area contributed by atoms with E-state index < -0.39 is 10.0 Å². The Balaban J connectivity index is 2.32. The van der Waals surface area contributed by atoms with Crippen LogP contribution in [0.15, 0.2) is 53.4 Å². The molecule has 0 heterocycles. The summed E-state index contributed by atoms with van der Waals surface area (Å²) in [6.45, 7) is 3.76. The molecule has 0 unspecified atom stereocenters. The second-order valence-electron chi connectivity index (χ2n) is 4.95. The zero-order valence-electron chi connectivity index (χ0n) is 12.7. The van der Waals surface area contributed by atoms with E-state index in [1.165, 1.54) is 19.2 Å². The molecule has 0 aliphatic rings. The van der Waals surface area contributed by atoms with Gasteiger partial charge in [-0.3, -0.25) is 4.72 Å². The van der Waals surface area contributed by atoms with Gasteiger partial charge in [0.05, 0.1) is 23.8 Å². The minimum atomic E-state index is -3.71. The first-order valence-electron chi connectivity index (χ1n) is 6.85. The molecule has 0 spiro atoms. The van der Waals surface area contributed by atoms with Gasteiger partial charge in [-0.1, -0.05) is 18.2 Å². The van der Waals surface area contributed by atoms with Gasteiger partial charge in [-0.2, -0.15) is 0 Å². The number of sulfonamides is 1. The molecule has 0 atom stereocenters. The van der Waals surface area contributed by atoms with Crippen LogP contribution in [-0.2, 0) is 10.0 Å². The summed E-state index contributed by atoms with van der Waals surface area (Å²) in [5.74, 6) is 0.971. The van der Waals surface area contributed by atoms with E-state index in [9.17, 15) is 8.42 Å². The molecule has 2 aromatic rings. The SMILES string of the molecule is COc1cccc(S(=O)(=O)Nc2ccccc2OC(C)C)c1. The summed E-state index contributed by atoms with van der Waals surface area (Å²) in [4.78, 5) is 0.131. The fraction of sp³-hybridized carbons (Fsp3) is 0.250. The highest BCUT2D eigenvalue weighted by Gasteiger charge is 2.17. The van der Waals surface area contributed by atoms with Gasteiger partial charge in [0, 0.05) is 6.07 Å². The first kappa shape index (κ1) is 16.2. The highest BCUT2D eigenvalue weighted by molar-refractivity contribution is 7.92. The van der Waals surface area contributed by atoms with Gasteiger partial charge in [0.2, 0.25) is 0 Å². The summed E-state index contributed by atoms with van der Waals surface area (Å²) in [7, 11) is -2.22. The molecular formula is C16H19NO4S. The summed E-state index contributed by atoms with van der Waals surface area (Å²) < 4.78 is 38.2. The molecule has 0 radical (unpaired) electrons. The molecule has 0 aliphatic carbocycles. The Morgan fingerprint density at radius 3 is 2.45 bits per heavy atom. The smallest absolute Gasteiger partial charge is 0.262 e. The standard InChI is InChI=1S/C16H19NO4S/c1-12(2)21-16-10-5-4-9-15(16)17-22(18,19)14-8-6-7-13(11-14)20-3/h4-12,17H,1-3H3. The van der Waals surface area contributed by atoms with Crippen LogP contribution in [0.1, 0.15) is 13.8 Å². The molecule has 0 fully saturated rings. The predicted octanol–water partition coefficient (Wildman–Crippen LogP) is 3.28. The summed E-state index contributed by atoms with van der Waals surface area (Å²) in [5, 5.41) is 0. The van der Waals surface area contributed by atoms with Crippen molar-refractivity contribution in [2.24, 2.45) is 0 Å². The normalized spacial score (nSPS) is 11.3. The van der Waals surface area contributed by atoms with E-state index in [1.807, 2.05) is 13.8 Å². The number of para-hydroxylation sites is 2. The van der Waals surface area contributed by atoms with Crippen LogP contribution in [-0.4, -0.2) is 21.6 Å². The number of anilines is 1. The van der Waals surface area contributed by atoms with Gasteiger partial charge in [0.15, 0.2) is 0 Å². The topological polar surface area (TPSA) is 64.6 Å². The Morgan fingerprint density at radius 2 is 1.77 bits per heavy atom. The Bertz CT molecular complexity index is 741. The van der Waals surface area contributed by atoms with E-state index in [1.54, 1.807) is 36.4 Å². The van der Waals surface area contributed by atoms with Crippen molar-refractivity contribution in [2.45, 2.75) is 24.8 Å². The molecule has 2 rings (SSSR count). The second-order valence-corrected chi connectivity index (χ2v) is 6.63. The van der Waals surface area contributed by atoms with Gasteiger partial charge in [-0.05, 0) is 38.1 Å². The lowest BCUT2D eigenvalue weighted by Gasteiger charge is -2.15. The van der Waals surface area contributed by atoms with Gasteiger partial charge in [-0.15, -0.1) is 0 Å². The van der Waals surface area contributed by atoms with Gasteiger partial charge >= 0.3 is 0 Å². The zero-order chi connectivity index (χ0) is 16.2. The minimum Gasteiger partial charge on any atom is -0.497 e. The van der Waals surface area contributed by atoms with Crippen LogP contribution in [0.2, 0.25) is 0 Å². The maximum Gasteiger partial charge on any atom is 0.262 e. The maximum absolute atomic E-state index is 12.5. The third kappa shape index (κ3) is 3.92. The molecule has 0 saturated heterocycles. The lowest BCUT2D eigenvalue weighted by Crippen LogP contribution is -2.15. The number of rotatable bonds is 6. The van der Waals surface area contributed by atoms with Gasteiger partial charge in [-0.25, -0.2) is 8.42 Å².